The van der Waals surface area contributed by atoms with Crippen molar-refractivity contribution in [1.82, 2.24) is 9.71 Å². The van der Waals surface area contributed by atoms with Crippen LogP contribution >= 0.6 is 11.6 Å². The van der Waals surface area contributed by atoms with Gasteiger partial charge in [-0.2, -0.15) is 0 Å². The third kappa shape index (κ3) is 3.41. The second-order valence-electron chi connectivity index (χ2n) is 3.23. The molecule has 90 valence electrons. The average Bonchev–Trinajstić information content (AvgIpc) is 2.26. The molecule has 0 fully saturated rings. The Hall–Kier alpha value is -0.690. The number of hydrogen-bond acceptors (Lipinski definition) is 4. The van der Waals surface area contributed by atoms with Crippen molar-refractivity contribution in [2.24, 2.45) is 0 Å². The third-order valence-electron chi connectivity index (χ3n) is 2.05. The molecule has 0 bridgehead atoms. The van der Waals surface area contributed by atoms with E-state index in [2.05, 4.69) is 9.71 Å². The fraction of sp³-hybridized carbons (Fsp3) is 0.444. The number of pyridine rings is 1. The number of nitrogens with zero attached hydrogens (tertiary/aromatic N) is 1. The van der Waals surface area contributed by atoms with Crippen LogP contribution in [0.1, 0.15) is 13.3 Å². The molecule has 1 aromatic heterocycles. The van der Waals surface area contributed by atoms with E-state index in [4.69, 9.17) is 16.7 Å². The van der Waals surface area contributed by atoms with Gasteiger partial charge in [0.05, 0.1) is 6.61 Å². The number of rotatable bonds is 5. The molecule has 2 N–H and O–H groups in total. The third-order valence-corrected chi connectivity index (χ3v) is 3.77. The minimum absolute atomic E-state index is 0.0313. The summed E-state index contributed by atoms with van der Waals surface area (Å²) >= 11 is 5.56. The average molecular weight is 265 g/mol. The summed E-state index contributed by atoms with van der Waals surface area (Å²) in [6.45, 7) is 1.54. The predicted molar refractivity (Wildman–Crippen MR) is 60.7 cm³/mol. The Bertz CT molecular complexity index is 429. The van der Waals surface area contributed by atoms with E-state index in [1.54, 1.807) is 6.92 Å². The Morgan fingerprint density at radius 3 is 2.69 bits per heavy atom. The van der Waals surface area contributed by atoms with Crippen LogP contribution in [0.5, 0.6) is 0 Å². The van der Waals surface area contributed by atoms with Crippen molar-refractivity contribution in [3.05, 3.63) is 23.5 Å². The molecule has 0 saturated carbocycles. The molecular weight excluding hydrogens is 252 g/mol. The molecule has 5 nitrogen and oxygen atoms in total. The normalized spacial score (nSPS) is 13.7. The maximum Gasteiger partial charge on any atom is 0.242 e. The zero-order chi connectivity index (χ0) is 12.2. The van der Waals surface area contributed by atoms with Crippen molar-refractivity contribution in [3.63, 3.8) is 0 Å². The van der Waals surface area contributed by atoms with Gasteiger partial charge >= 0.3 is 0 Å². The highest BCUT2D eigenvalue weighted by atomic mass is 35.5. The van der Waals surface area contributed by atoms with E-state index in [0.717, 1.165) is 0 Å². The van der Waals surface area contributed by atoms with E-state index in [1.165, 1.54) is 18.3 Å². The van der Waals surface area contributed by atoms with Crippen molar-refractivity contribution in [3.8, 4) is 0 Å². The molecule has 1 atom stereocenters. The summed E-state index contributed by atoms with van der Waals surface area (Å²) in [4.78, 5) is 3.72. The molecule has 0 spiro atoms. The molecule has 0 amide bonds. The van der Waals surface area contributed by atoms with Crippen LogP contribution in [0.3, 0.4) is 0 Å². The monoisotopic (exact) mass is 264 g/mol. The highest BCUT2D eigenvalue weighted by Gasteiger charge is 2.18. The van der Waals surface area contributed by atoms with Gasteiger partial charge in [0.2, 0.25) is 10.0 Å². The Kier molecular flexibility index (Phi) is 4.67. The number of aliphatic hydroxyl groups excluding tert-OH is 1. The van der Waals surface area contributed by atoms with Gasteiger partial charge in [-0.15, -0.1) is 0 Å². The summed E-state index contributed by atoms with van der Waals surface area (Å²) in [5.41, 5.74) is 0. The van der Waals surface area contributed by atoms with Crippen molar-refractivity contribution < 1.29 is 13.5 Å². The Morgan fingerprint density at radius 1 is 1.56 bits per heavy atom. The van der Waals surface area contributed by atoms with Crippen LogP contribution in [-0.4, -0.2) is 31.2 Å². The molecule has 7 heteroatoms. The molecule has 0 saturated heterocycles. The summed E-state index contributed by atoms with van der Waals surface area (Å²) in [6.07, 6.45) is 1.69. The van der Waals surface area contributed by atoms with Gasteiger partial charge in [-0.3, -0.25) is 0 Å². The van der Waals surface area contributed by atoms with Gasteiger partial charge in [-0.05, 0) is 18.6 Å². The smallest absolute Gasteiger partial charge is 0.242 e. The summed E-state index contributed by atoms with van der Waals surface area (Å²) in [7, 11) is -3.63. The minimum Gasteiger partial charge on any atom is -0.395 e. The molecule has 1 rings (SSSR count). The first-order valence-electron chi connectivity index (χ1n) is 4.74. The zero-order valence-corrected chi connectivity index (χ0v) is 10.3. The van der Waals surface area contributed by atoms with Gasteiger partial charge in [-0.25, -0.2) is 18.1 Å². The van der Waals surface area contributed by atoms with Gasteiger partial charge in [0.25, 0.3) is 0 Å². The molecule has 16 heavy (non-hydrogen) atoms. The lowest BCUT2D eigenvalue weighted by Crippen LogP contribution is -2.36. The zero-order valence-electron chi connectivity index (χ0n) is 8.72. The van der Waals surface area contributed by atoms with Crippen LogP contribution in [0.25, 0.3) is 0 Å². The van der Waals surface area contributed by atoms with Crippen molar-refractivity contribution >= 4 is 21.6 Å². The van der Waals surface area contributed by atoms with E-state index < -0.39 is 16.1 Å². The largest absolute Gasteiger partial charge is 0.395 e. The number of aliphatic hydroxyl groups is 1. The number of hydrogen-bond donors (Lipinski definition) is 2. The van der Waals surface area contributed by atoms with Crippen LogP contribution in [-0.2, 0) is 10.0 Å². The van der Waals surface area contributed by atoms with Crippen LogP contribution < -0.4 is 4.72 Å². The first-order chi connectivity index (χ1) is 7.49. The first kappa shape index (κ1) is 13.4. The van der Waals surface area contributed by atoms with Gasteiger partial charge in [0.15, 0.2) is 0 Å². The highest BCUT2D eigenvalue weighted by Crippen LogP contribution is 2.11. The van der Waals surface area contributed by atoms with Crippen molar-refractivity contribution in [2.75, 3.05) is 6.61 Å². The fourth-order valence-electron chi connectivity index (χ4n) is 1.06. The summed E-state index contributed by atoms with van der Waals surface area (Å²) in [6, 6.07) is 2.28. The van der Waals surface area contributed by atoms with Crippen LogP contribution in [0, 0.1) is 0 Å². The van der Waals surface area contributed by atoms with E-state index in [1.807, 2.05) is 0 Å². The molecule has 0 unspecified atom stereocenters. The first-order valence-corrected chi connectivity index (χ1v) is 6.60. The van der Waals surface area contributed by atoms with E-state index in [-0.39, 0.29) is 16.7 Å². The van der Waals surface area contributed by atoms with Gasteiger partial charge < -0.3 is 5.11 Å². The lowest BCUT2D eigenvalue weighted by atomic mass is 10.3. The predicted octanol–water partition coefficient (Wildman–Crippen LogP) is 0.784. The minimum atomic E-state index is -3.63. The number of aromatic nitrogens is 1. The molecule has 0 aromatic carbocycles. The molecule has 0 aliphatic rings. The molecule has 1 heterocycles. The molecule has 0 aliphatic carbocycles. The Balaban J connectivity index is 2.89. The van der Waals surface area contributed by atoms with E-state index in [9.17, 15) is 8.42 Å². The molecule has 0 radical (unpaired) electrons. The quantitative estimate of drug-likeness (QED) is 0.771. The second-order valence-corrected chi connectivity index (χ2v) is 5.33. The maximum absolute atomic E-state index is 11.8. The van der Waals surface area contributed by atoms with Crippen LogP contribution in [0.15, 0.2) is 23.2 Å². The van der Waals surface area contributed by atoms with E-state index >= 15 is 0 Å². The standard InChI is InChI=1S/C9H13ClN2O3S/c1-2-7(6-13)12-16(14,15)8-3-4-9(10)11-5-8/h3-5,7,12-13H,2,6H2,1H3/t7-/m1/s1. The molecule has 0 aliphatic heterocycles. The summed E-state index contributed by atoms with van der Waals surface area (Å²) in [5.74, 6) is 0. The van der Waals surface area contributed by atoms with Crippen LogP contribution in [0.4, 0.5) is 0 Å². The van der Waals surface area contributed by atoms with Crippen molar-refractivity contribution in [2.45, 2.75) is 24.3 Å². The number of sulfonamides is 1. The highest BCUT2D eigenvalue weighted by molar-refractivity contribution is 7.89. The summed E-state index contributed by atoms with van der Waals surface area (Å²) < 4.78 is 25.9. The van der Waals surface area contributed by atoms with Gasteiger partial charge in [-0.1, -0.05) is 18.5 Å². The van der Waals surface area contributed by atoms with E-state index in [0.29, 0.717) is 6.42 Å². The maximum atomic E-state index is 11.8. The van der Waals surface area contributed by atoms with Crippen LogP contribution in [0.2, 0.25) is 5.15 Å². The lowest BCUT2D eigenvalue weighted by molar-refractivity contribution is 0.254. The SMILES string of the molecule is CC[C@H](CO)NS(=O)(=O)c1ccc(Cl)nc1. The van der Waals surface area contributed by atoms with Crippen molar-refractivity contribution in [1.29, 1.82) is 0 Å². The molecule has 1 aromatic rings. The lowest BCUT2D eigenvalue weighted by Gasteiger charge is -2.13. The number of halogens is 1. The Labute approximate surface area is 99.5 Å². The topological polar surface area (TPSA) is 79.3 Å². The number of nitrogens with one attached hydrogen (secondary N) is 1. The summed E-state index contributed by atoms with van der Waals surface area (Å²) in [5, 5.41) is 9.15. The Morgan fingerprint density at radius 2 is 2.25 bits per heavy atom. The van der Waals surface area contributed by atoms with Gasteiger partial charge in [0.1, 0.15) is 10.0 Å². The van der Waals surface area contributed by atoms with Gasteiger partial charge in [0, 0.05) is 12.2 Å². The second kappa shape index (κ2) is 5.58. The molecular formula is C9H13ClN2O3S. The fourth-order valence-corrected chi connectivity index (χ4v) is 2.42.